The van der Waals surface area contributed by atoms with Crippen molar-refractivity contribution in [1.29, 1.82) is 0 Å². The van der Waals surface area contributed by atoms with Gasteiger partial charge >= 0.3 is 29.8 Å². The number of esters is 5. The number of carbonyl (C=O) groups excluding carboxylic acids is 5. The molecule has 0 aliphatic heterocycles. The first-order valence-electron chi connectivity index (χ1n) is 27.9. The summed E-state index contributed by atoms with van der Waals surface area (Å²) in [7, 11) is 0. The lowest BCUT2D eigenvalue weighted by Gasteiger charge is -2.09. The molecule has 7 aromatic rings. The molecule has 0 radical (unpaired) electrons. The normalized spacial score (nSPS) is 10.7. The van der Waals surface area contributed by atoms with Crippen LogP contribution in [0, 0.1) is 0 Å². The molecule has 0 spiro atoms. The first kappa shape index (κ1) is 59.7. The van der Waals surface area contributed by atoms with Crippen LogP contribution in [0.25, 0.3) is 0 Å². The number of rotatable bonds is 33. The fourth-order valence-corrected chi connectivity index (χ4v) is 8.12. The molecule has 0 atom stereocenters. The molecule has 7 rings (SSSR count). The average Bonchev–Trinajstić information content (AvgIpc) is 3.49. The quantitative estimate of drug-likeness (QED) is 0.0216. The lowest BCUT2D eigenvalue weighted by Crippen LogP contribution is -2.11. The molecule has 0 saturated heterocycles. The molecule has 0 heterocycles. The van der Waals surface area contributed by atoms with Crippen molar-refractivity contribution in [1.82, 2.24) is 0 Å². The first-order chi connectivity index (χ1) is 39.6. The Morgan fingerprint density at radius 1 is 0.222 bits per heavy atom. The highest BCUT2D eigenvalue weighted by atomic mass is 16.6. The minimum Gasteiger partial charge on any atom is -0.494 e. The molecule has 0 bridgehead atoms. The van der Waals surface area contributed by atoms with Crippen LogP contribution in [0.5, 0.6) is 51.7 Å². The molecular weight excluding hydrogens is 1030 g/mol. The summed E-state index contributed by atoms with van der Waals surface area (Å²) in [6.45, 7) is 6.74. The zero-order valence-corrected chi connectivity index (χ0v) is 46.1. The van der Waals surface area contributed by atoms with E-state index in [1.807, 2.05) is 0 Å². The maximum Gasteiger partial charge on any atom is 0.343 e. The maximum absolute atomic E-state index is 12.9. The van der Waals surface area contributed by atoms with E-state index in [0.717, 1.165) is 57.1 Å². The Morgan fingerprint density at radius 3 is 0.605 bits per heavy atom. The molecule has 0 amide bonds. The fourth-order valence-electron chi connectivity index (χ4n) is 8.12. The van der Waals surface area contributed by atoms with Crippen LogP contribution in [0.15, 0.2) is 170 Å². The predicted molar refractivity (Wildman–Crippen MR) is 308 cm³/mol. The number of hydrogen-bond donors (Lipinski definition) is 0. The summed E-state index contributed by atoms with van der Waals surface area (Å²) < 4.78 is 50.9. The van der Waals surface area contributed by atoms with Crippen molar-refractivity contribution in [3.05, 3.63) is 198 Å². The van der Waals surface area contributed by atoms with Gasteiger partial charge in [0.15, 0.2) is 0 Å². The third kappa shape index (κ3) is 20.7. The first-order valence-corrected chi connectivity index (χ1v) is 27.9. The highest BCUT2D eigenvalue weighted by Crippen LogP contribution is 2.25. The number of carbonyl (C=O) groups is 5. The van der Waals surface area contributed by atoms with Gasteiger partial charge in [-0.15, -0.1) is 0 Å². The molecule has 0 N–H and O–H groups in total. The molecular formula is C67H70O14. The maximum atomic E-state index is 12.9. The third-order valence-electron chi connectivity index (χ3n) is 12.8. The van der Waals surface area contributed by atoms with E-state index in [2.05, 4.69) is 13.8 Å². The van der Waals surface area contributed by atoms with Crippen molar-refractivity contribution >= 4 is 29.8 Å². The van der Waals surface area contributed by atoms with E-state index >= 15 is 0 Å². The highest BCUT2D eigenvalue weighted by Gasteiger charge is 2.16. The van der Waals surface area contributed by atoms with Crippen LogP contribution < -0.4 is 42.6 Å². The summed E-state index contributed by atoms with van der Waals surface area (Å²) in [5.74, 6) is 1.28. The van der Waals surface area contributed by atoms with E-state index in [9.17, 15) is 24.0 Å². The molecule has 0 fully saturated rings. The molecule has 422 valence electrons. The third-order valence-corrected chi connectivity index (χ3v) is 12.8. The number of hydrogen-bond acceptors (Lipinski definition) is 14. The van der Waals surface area contributed by atoms with Crippen molar-refractivity contribution in [2.75, 3.05) is 26.4 Å². The summed E-state index contributed by atoms with van der Waals surface area (Å²) in [5, 5.41) is 0. The second-order valence-corrected chi connectivity index (χ2v) is 19.1. The smallest absolute Gasteiger partial charge is 0.343 e. The van der Waals surface area contributed by atoms with E-state index < -0.39 is 29.8 Å². The highest BCUT2D eigenvalue weighted by molar-refractivity contribution is 5.94. The molecule has 0 unspecified atom stereocenters. The molecule has 14 nitrogen and oxygen atoms in total. The zero-order chi connectivity index (χ0) is 56.9. The summed E-state index contributed by atoms with van der Waals surface area (Å²) in [6.07, 6.45) is 15.2. The van der Waals surface area contributed by atoms with Crippen molar-refractivity contribution in [3.63, 3.8) is 0 Å². The van der Waals surface area contributed by atoms with Gasteiger partial charge < -0.3 is 42.6 Å². The van der Waals surface area contributed by atoms with Gasteiger partial charge in [-0.1, -0.05) is 65.2 Å². The van der Waals surface area contributed by atoms with Crippen molar-refractivity contribution in [2.45, 2.75) is 104 Å². The monoisotopic (exact) mass is 1100 g/mol. The van der Waals surface area contributed by atoms with Gasteiger partial charge in [-0.3, -0.25) is 0 Å². The largest absolute Gasteiger partial charge is 0.494 e. The zero-order valence-electron chi connectivity index (χ0n) is 46.1. The summed E-state index contributed by atoms with van der Waals surface area (Å²) >= 11 is 0. The van der Waals surface area contributed by atoms with Crippen LogP contribution in [0.2, 0.25) is 0 Å². The van der Waals surface area contributed by atoms with Crippen LogP contribution >= 0.6 is 0 Å². The van der Waals surface area contributed by atoms with Gasteiger partial charge in [0.05, 0.1) is 54.2 Å². The second kappa shape index (κ2) is 32.9. The summed E-state index contributed by atoms with van der Waals surface area (Å²) in [6, 6.07) is 45.4. The predicted octanol–water partition coefficient (Wildman–Crippen LogP) is 15.5. The van der Waals surface area contributed by atoms with Crippen LogP contribution in [-0.2, 0) is 0 Å². The van der Waals surface area contributed by atoms with E-state index in [0.29, 0.717) is 66.1 Å². The van der Waals surface area contributed by atoms with Crippen LogP contribution in [-0.4, -0.2) is 56.3 Å². The van der Waals surface area contributed by atoms with Crippen molar-refractivity contribution in [2.24, 2.45) is 0 Å². The van der Waals surface area contributed by atoms with Gasteiger partial charge in [0.25, 0.3) is 0 Å². The molecule has 14 heteroatoms. The minimum atomic E-state index is -0.656. The molecule has 7 aromatic carbocycles. The van der Waals surface area contributed by atoms with Crippen LogP contribution in [0.4, 0.5) is 0 Å². The molecule has 0 aromatic heterocycles. The van der Waals surface area contributed by atoms with E-state index in [-0.39, 0.29) is 34.1 Å². The van der Waals surface area contributed by atoms with Gasteiger partial charge in [0.1, 0.15) is 51.7 Å². The number of ether oxygens (including phenoxy) is 9. The van der Waals surface area contributed by atoms with Crippen LogP contribution in [0.3, 0.4) is 0 Å². The number of unbranched alkanes of at least 4 members (excludes halogenated alkanes) is 11. The van der Waals surface area contributed by atoms with Crippen molar-refractivity contribution in [3.8, 4) is 51.7 Å². The second-order valence-electron chi connectivity index (χ2n) is 19.1. The lowest BCUT2D eigenvalue weighted by molar-refractivity contribution is 0.0718. The Bertz CT molecular complexity index is 3030. The van der Waals surface area contributed by atoms with Gasteiger partial charge in [0, 0.05) is 0 Å². The van der Waals surface area contributed by atoms with Crippen molar-refractivity contribution < 1.29 is 66.6 Å². The Balaban J connectivity index is 0.728. The SMILES string of the molecule is CCCCCCCCOc1ccc(C(=O)Oc2ccc(OC(=O)c3ccc(OC(=O)c4ccc(OC(=O)c5ccc(OCCCCCCOc6ccc(OC(=O)c7ccc(OCCCCCC)cc7)cc6)cc5)cc4)cc3)cc2)cc1. The Hall–Kier alpha value is -8.91. The molecule has 0 saturated carbocycles. The van der Waals surface area contributed by atoms with E-state index in [4.69, 9.17) is 42.6 Å². The fraction of sp³-hybridized carbons (Fsp3) is 0.299. The molecule has 0 aliphatic carbocycles. The topological polar surface area (TPSA) is 168 Å². The molecule has 0 aliphatic rings. The standard InChI is InChI=1S/C67H70O14/c1-3-5-7-9-10-14-46-74-55-31-21-51(22-32-55)65(70)80-61-41-43-62(44-42-61)81-67(72)53-25-35-59(36-26-53)78-66(71)52-23-33-58(34-24-52)77-63(68)49-17-29-56(30-18-49)75-47-15-11-12-16-48-76-57-37-39-60(40-38-57)79-64(69)50-19-27-54(28-20-50)73-45-13-8-6-4-2/h17-44H,3-16,45-48H2,1-2H3. The minimum absolute atomic E-state index is 0.197. The van der Waals surface area contributed by atoms with E-state index in [1.165, 1.54) is 111 Å². The Morgan fingerprint density at radius 2 is 0.383 bits per heavy atom. The number of benzene rings is 7. The van der Waals surface area contributed by atoms with Gasteiger partial charge in [0.2, 0.25) is 0 Å². The average molecular weight is 1100 g/mol. The molecule has 81 heavy (non-hydrogen) atoms. The summed E-state index contributed by atoms with van der Waals surface area (Å²) in [4.78, 5) is 64.1. The Kier molecular flexibility index (Phi) is 24.2. The van der Waals surface area contributed by atoms with Crippen LogP contribution in [0.1, 0.15) is 156 Å². The van der Waals surface area contributed by atoms with Gasteiger partial charge in [-0.05, 0) is 208 Å². The van der Waals surface area contributed by atoms with E-state index in [1.54, 1.807) is 97.1 Å². The van der Waals surface area contributed by atoms with Gasteiger partial charge in [-0.2, -0.15) is 0 Å². The summed E-state index contributed by atoms with van der Waals surface area (Å²) in [5.41, 5.74) is 1.57. The Labute approximate surface area is 474 Å². The lowest BCUT2D eigenvalue weighted by atomic mass is 10.1. The van der Waals surface area contributed by atoms with Gasteiger partial charge in [-0.25, -0.2) is 24.0 Å².